The lowest BCUT2D eigenvalue weighted by atomic mass is 9.82. The van der Waals surface area contributed by atoms with Crippen LogP contribution >= 0.6 is 0 Å². The number of ether oxygens (including phenoxy) is 2. The van der Waals surface area contributed by atoms with Gasteiger partial charge in [-0.1, -0.05) is 0 Å². The summed E-state index contributed by atoms with van der Waals surface area (Å²) in [6, 6.07) is 14.5. The first kappa shape index (κ1) is 22.8. The Morgan fingerprint density at radius 2 is 1.71 bits per heavy atom. The number of benzene rings is 2. The second-order valence-corrected chi connectivity index (χ2v) is 9.22. The van der Waals surface area contributed by atoms with E-state index in [9.17, 15) is 9.59 Å². The van der Waals surface area contributed by atoms with Crippen molar-refractivity contribution in [1.29, 1.82) is 0 Å². The monoisotopic (exact) mass is 472 g/mol. The van der Waals surface area contributed by atoms with Crippen LogP contribution in [0.1, 0.15) is 51.4 Å². The van der Waals surface area contributed by atoms with Crippen molar-refractivity contribution in [2.75, 3.05) is 25.5 Å². The third kappa shape index (κ3) is 4.69. The minimum absolute atomic E-state index is 0.0294. The van der Waals surface area contributed by atoms with Crippen LogP contribution in [0.4, 0.5) is 11.6 Å². The van der Waals surface area contributed by atoms with Crippen LogP contribution in [0.3, 0.4) is 0 Å². The number of piperidine rings is 1. The van der Waals surface area contributed by atoms with Crippen LogP contribution in [-0.2, 0) is 0 Å². The molecule has 0 unspecified atom stereocenters. The van der Waals surface area contributed by atoms with E-state index >= 15 is 0 Å². The van der Waals surface area contributed by atoms with E-state index < -0.39 is 5.60 Å². The van der Waals surface area contributed by atoms with Gasteiger partial charge in [0.1, 0.15) is 17.1 Å². The zero-order valence-corrected chi connectivity index (χ0v) is 20.1. The van der Waals surface area contributed by atoms with Gasteiger partial charge in [-0.3, -0.25) is 9.59 Å². The van der Waals surface area contributed by atoms with Crippen molar-refractivity contribution in [2.45, 2.75) is 38.7 Å². The Kier molecular flexibility index (Phi) is 5.88. The third-order valence-electron chi connectivity index (χ3n) is 6.63. The molecule has 3 heterocycles. The number of carbonyl (C=O) groups is 2. The Morgan fingerprint density at radius 1 is 1.03 bits per heavy atom. The summed E-state index contributed by atoms with van der Waals surface area (Å²) in [4.78, 5) is 36.5. The molecule has 5 rings (SSSR count). The fourth-order valence-corrected chi connectivity index (χ4v) is 4.79. The molecule has 35 heavy (non-hydrogen) atoms. The molecule has 180 valence electrons. The number of Topliss-reactive ketones (excluding diaryl/α,β-unsaturated/α-hetero) is 1. The van der Waals surface area contributed by atoms with Crippen LogP contribution in [0.5, 0.6) is 11.5 Å². The first-order valence-electron chi connectivity index (χ1n) is 11.7. The molecule has 0 atom stereocenters. The number of hydrogen-bond donors (Lipinski definition) is 1. The number of hydrogen-bond acceptors (Lipinski definition) is 7. The number of nitrogens with one attached hydrogen (secondary N) is 1. The van der Waals surface area contributed by atoms with E-state index in [1.165, 1.54) is 0 Å². The predicted molar refractivity (Wildman–Crippen MR) is 132 cm³/mol. The van der Waals surface area contributed by atoms with Crippen molar-refractivity contribution >= 4 is 23.3 Å². The molecule has 1 N–H and O–H groups in total. The number of likely N-dealkylation sites (tertiary alicyclic amines) is 1. The van der Waals surface area contributed by atoms with Crippen molar-refractivity contribution in [3.8, 4) is 11.5 Å². The fourth-order valence-electron chi connectivity index (χ4n) is 4.79. The minimum atomic E-state index is -0.576. The molecular formula is C27H28N4O4. The van der Waals surface area contributed by atoms with E-state index in [1.54, 1.807) is 37.4 Å². The molecular weight excluding hydrogens is 444 g/mol. The first-order valence-corrected chi connectivity index (χ1v) is 11.7. The summed E-state index contributed by atoms with van der Waals surface area (Å²) in [5.74, 6) is 1.80. The highest BCUT2D eigenvalue weighted by molar-refractivity contribution is 6.00. The number of ketones is 1. The third-order valence-corrected chi connectivity index (χ3v) is 6.63. The number of aromatic nitrogens is 2. The van der Waals surface area contributed by atoms with Crippen molar-refractivity contribution in [1.82, 2.24) is 14.9 Å². The zero-order valence-electron chi connectivity index (χ0n) is 20.1. The number of amides is 1. The molecule has 0 radical (unpaired) electrons. The molecule has 2 aliphatic rings. The van der Waals surface area contributed by atoms with Gasteiger partial charge in [0.25, 0.3) is 5.91 Å². The quantitative estimate of drug-likeness (QED) is 0.598. The zero-order chi connectivity index (χ0) is 24.6. The largest absolute Gasteiger partial charge is 0.497 e. The maximum atomic E-state index is 13.1. The van der Waals surface area contributed by atoms with Gasteiger partial charge in [-0.05, 0) is 56.3 Å². The van der Waals surface area contributed by atoms with Gasteiger partial charge in [0, 0.05) is 54.6 Å². The van der Waals surface area contributed by atoms with Gasteiger partial charge in [0.05, 0.1) is 19.1 Å². The normalized spacial score (nSPS) is 16.4. The molecule has 1 amide bonds. The van der Waals surface area contributed by atoms with Crippen molar-refractivity contribution in [2.24, 2.45) is 0 Å². The van der Waals surface area contributed by atoms with Gasteiger partial charge in [-0.25, -0.2) is 9.97 Å². The van der Waals surface area contributed by atoms with E-state index in [1.807, 2.05) is 36.9 Å². The van der Waals surface area contributed by atoms with Crippen LogP contribution in [-0.4, -0.2) is 52.4 Å². The lowest BCUT2D eigenvalue weighted by Gasteiger charge is -2.44. The molecule has 0 bridgehead atoms. The summed E-state index contributed by atoms with van der Waals surface area (Å²) in [5.41, 5.74) is 3.22. The Bertz CT molecular complexity index is 1260. The van der Waals surface area contributed by atoms with Crippen LogP contribution in [0, 0.1) is 13.8 Å². The average Bonchev–Trinajstić information content (AvgIpc) is 2.83. The van der Waals surface area contributed by atoms with Gasteiger partial charge >= 0.3 is 0 Å². The fraction of sp³-hybridized carbons (Fsp3) is 0.333. The molecule has 2 aliphatic heterocycles. The number of anilines is 2. The summed E-state index contributed by atoms with van der Waals surface area (Å²) in [5, 5.41) is 3.19. The molecule has 1 saturated heterocycles. The molecule has 8 heteroatoms. The summed E-state index contributed by atoms with van der Waals surface area (Å²) in [7, 11) is 1.59. The summed E-state index contributed by atoms with van der Waals surface area (Å²) in [6.45, 7) is 4.91. The predicted octanol–water partition coefficient (Wildman–Crippen LogP) is 4.49. The highest BCUT2D eigenvalue weighted by atomic mass is 16.5. The van der Waals surface area contributed by atoms with Gasteiger partial charge in [0.15, 0.2) is 5.78 Å². The molecule has 1 aromatic heterocycles. The van der Waals surface area contributed by atoms with E-state index in [4.69, 9.17) is 9.47 Å². The lowest BCUT2D eigenvalue weighted by Crippen LogP contribution is -2.52. The van der Waals surface area contributed by atoms with Crippen molar-refractivity contribution < 1.29 is 19.1 Å². The molecule has 0 saturated carbocycles. The van der Waals surface area contributed by atoms with Gasteiger partial charge < -0.3 is 19.7 Å². The number of fused-ring (bicyclic) bond motifs is 1. The van der Waals surface area contributed by atoms with Crippen LogP contribution < -0.4 is 14.8 Å². The van der Waals surface area contributed by atoms with Gasteiger partial charge in [-0.2, -0.15) is 0 Å². The number of nitrogens with zero attached hydrogens (tertiary/aromatic N) is 3. The summed E-state index contributed by atoms with van der Waals surface area (Å²) in [6.07, 6.45) is 1.53. The highest BCUT2D eigenvalue weighted by Crippen LogP contribution is 2.41. The van der Waals surface area contributed by atoms with Crippen LogP contribution in [0.15, 0.2) is 48.5 Å². The van der Waals surface area contributed by atoms with Gasteiger partial charge in [-0.15, -0.1) is 0 Å². The maximum absolute atomic E-state index is 13.1. The number of rotatable bonds is 4. The Hall–Kier alpha value is -3.94. The Labute approximate surface area is 204 Å². The smallest absolute Gasteiger partial charge is 0.253 e. The van der Waals surface area contributed by atoms with Gasteiger partial charge in [0.2, 0.25) is 5.95 Å². The van der Waals surface area contributed by atoms with E-state index in [0.29, 0.717) is 60.9 Å². The summed E-state index contributed by atoms with van der Waals surface area (Å²) < 4.78 is 11.6. The number of methoxy groups -OCH3 is 1. The molecule has 1 fully saturated rings. The minimum Gasteiger partial charge on any atom is -0.497 e. The Balaban J connectivity index is 1.23. The average molecular weight is 473 g/mol. The lowest BCUT2D eigenvalue weighted by molar-refractivity contribution is -0.00581. The van der Waals surface area contributed by atoms with Crippen LogP contribution in [0.25, 0.3) is 0 Å². The number of aryl methyl sites for hydroxylation is 2. The highest BCUT2D eigenvalue weighted by Gasteiger charge is 2.43. The second-order valence-electron chi connectivity index (χ2n) is 9.22. The molecule has 2 aromatic carbocycles. The van der Waals surface area contributed by atoms with E-state index in [2.05, 4.69) is 15.3 Å². The number of carbonyl (C=O) groups excluding carboxylic acids is 2. The first-order chi connectivity index (χ1) is 16.8. The molecule has 3 aromatic rings. The van der Waals surface area contributed by atoms with Crippen molar-refractivity contribution in [3.63, 3.8) is 0 Å². The topological polar surface area (TPSA) is 93.7 Å². The molecule has 1 spiro atoms. The molecule has 8 nitrogen and oxygen atoms in total. The second kappa shape index (κ2) is 9.02. The molecule has 0 aliphatic carbocycles. The standard InChI is InChI=1S/C27H28N4O4/c1-17-14-18(2)29-26(28-17)30-20-6-4-19(5-7-20)25(33)31-12-10-27(11-13-31)16-23(32)22-9-8-21(34-3)15-24(22)35-27/h4-9,14-15H,10-13,16H2,1-3H3,(H,28,29,30). The van der Waals surface area contributed by atoms with Crippen molar-refractivity contribution in [3.05, 3.63) is 71.0 Å². The summed E-state index contributed by atoms with van der Waals surface area (Å²) >= 11 is 0. The SMILES string of the molecule is COc1ccc2c(c1)OC1(CCN(C(=O)c3ccc(Nc4nc(C)cc(C)n4)cc3)CC1)CC2=O. The van der Waals surface area contributed by atoms with Crippen LogP contribution in [0.2, 0.25) is 0 Å². The van der Waals surface area contributed by atoms with E-state index in [-0.39, 0.29) is 11.7 Å². The Morgan fingerprint density at radius 3 is 2.37 bits per heavy atom. The maximum Gasteiger partial charge on any atom is 0.253 e. The van der Waals surface area contributed by atoms with E-state index in [0.717, 1.165) is 17.1 Å².